The lowest BCUT2D eigenvalue weighted by Gasteiger charge is -2.00. The zero-order valence-electron chi connectivity index (χ0n) is 8.43. The Morgan fingerprint density at radius 2 is 2.25 bits per heavy atom. The number of carbonyl (C=O) groups is 2. The molecule has 0 bridgehead atoms. The lowest BCUT2D eigenvalue weighted by Crippen LogP contribution is -2.14. The molecule has 0 saturated heterocycles. The summed E-state index contributed by atoms with van der Waals surface area (Å²) < 4.78 is 0. The normalized spacial score (nSPS) is 18.6. The molecular formula is C9H9N3O3S. The molecule has 1 atom stereocenters. The third-order valence-electron chi connectivity index (χ3n) is 2.24. The van der Waals surface area contributed by atoms with Gasteiger partial charge >= 0.3 is 5.97 Å². The van der Waals surface area contributed by atoms with Crippen LogP contribution in [0.1, 0.15) is 34.3 Å². The van der Waals surface area contributed by atoms with Crippen LogP contribution < -0.4 is 5.73 Å². The van der Waals surface area contributed by atoms with Crippen molar-refractivity contribution in [3.63, 3.8) is 0 Å². The number of carboxylic acids is 1. The van der Waals surface area contributed by atoms with E-state index < -0.39 is 5.97 Å². The van der Waals surface area contributed by atoms with E-state index in [0.717, 1.165) is 0 Å². The van der Waals surface area contributed by atoms with Gasteiger partial charge in [-0.2, -0.15) is 0 Å². The Labute approximate surface area is 95.3 Å². The lowest BCUT2D eigenvalue weighted by atomic mass is 10.2. The molecule has 1 aliphatic heterocycles. The van der Waals surface area contributed by atoms with Gasteiger partial charge in [-0.15, -0.1) is 0 Å². The highest BCUT2D eigenvalue weighted by atomic mass is 32.2. The van der Waals surface area contributed by atoms with Crippen molar-refractivity contribution in [3.05, 3.63) is 11.4 Å². The van der Waals surface area contributed by atoms with Gasteiger partial charge in [0.2, 0.25) is 0 Å². The number of carbonyl (C=O) groups excluding carboxylic acids is 1. The zero-order valence-corrected chi connectivity index (χ0v) is 9.24. The summed E-state index contributed by atoms with van der Waals surface area (Å²) in [6.45, 7) is 1.88. The maximum Gasteiger partial charge on any atom is 0.358 e. The second kappa shape index (κ2) is 3.75. The van der Waals surface area contributed by atoms with Gasteiger partial charge in [-0.05, 0) is 6.42 Å². The maximum absolute atomic E-state index is 11.8. The van der Waals surface area contributed by atoms with E-state index in [4.69, 9.17) is 10.8 Å². The van der Waals surface area contributed by atoms with Crippen LogP contribution in [0.3, 0.4) is 0 Å². The molecule has 0 aliphatic carbocycles. The number of aromatic carboxylic acids is 1. The van der Waals surface area contributed by atoms with Gasteiger partial charge in [0, 0.05) is 0 Å². The molecule has 2 heterocycles. The van der Waals surface area contributed by atoms with Crippen LogP contribution in [0.2, 0.25) is 0 Å². The summed E-state index contributed by atoms with van der Waals surface area (Å²) in [6, 6.07) is 0. The van der Waals surface area contributed by atoms with Crippen LogP contribution in [0.15, 0.2) is 5.03 Å². The average Bonchev–Trinajstić information content (AvgIpc) is 2.53. The highest BCUT2D eigenvalue weighted by Gasteiger charge is 2.34. The van der Waals surface area contributed by atoms with Gasteiger partial charge in [0.25, 0.3) is 0 Å². The molecule has 1 unspecified atom stereocenters. The van der Waals surface area contributed by atoms with Crippen LogP contribution in [0.25, 0.3) is 0 Å². The number of thioether (sulfide) groups is 1. The smallest absolute Gasteiger partial charge is 0.358 e. The van der Waals surface area contributed by atoms with E-state index in [1.807, 2.05) is 6.92 Å². The van der Waals surface area contributed by atoms with Crippen LogP contribution in [0.4, 0.5) is 5.82 Å². The minimum atomic E-state index is -1.27. The van der Waals surface area contributed by atoms with E-state index in [1.54, 1.807) is 0 Å². The molecule has 84 valence electrons. The number of nitrogens with zero attached hydrogens (tertiary/aromatic N) is 2. The number of hydrogen-bond acceptors (Lipinski definition) is 6. The van der Waals surface area contributed by atoms with Crippen molar-refractivity contribution < 1.29 is 14.7 Å². The van der Waals surface area contributed by atoms with Gasteiger partial charge in [-0.25, -0.2) is 14.8 Å². The molecule has 3 N–H and O–H groups in total. The van der Waals surface area contributed by atoms with E-state index in [0.29, 0.717) is 11.4 Å². The molecule has 0 fully saturated rings. The number of aromatic nitrogens is 2. The van der Waals surface area contributed by atoms with Gasteiger partial charge in [-0.1, -0.05) is 18.7 Å². The third-order valence-corrected chi connectivity index (χ3v) is 3.58. The summed E-state index contributed by atoms with van der Waals surface area (Å²) in [5.74, 6) is -1.59. The van der Waals surface area contributed by atoms with Crippen LogP contribution in [0.5, 0.6) is 0 Å². The first-order valence-corrected chi connectivity index (χ1v) is 5.54. The van der Waals surface area contributed by atoms with Gasteiger partial charge in [0.15, 0.2) is 17.3 Å². The lowest BCUT2D eigenvalue weighted by molar-refractivity contribution is 0.0691. The molecular weight excluding hydrogens is 230 g/mol. The molecule has 0 radical (unpaired) electrons. The number of nitrogen functional groups attached to an aromatic ring is 1. The number of Topliss-reactive ketones (excluding diaryl/α,β-unsaturated/α-hetero) is 1. The van der Waals surface area contributed by atoms with Crippen molar-refractivity contribution in [1.82, 2.24) is 9.97 Å². The van der Waals surface area contributed by atoms with Crippen LogP contribution in [0, 0.1) is 0 Å². The van der Waals surface area contributed by atoms with Crippen molar-refractivity contribution in [2.45, 2.75) is 23.6 Å². The Bertz CT molecular complexity index is 489. The van der Waals surface area contributed by atoms with Crippen molar-refractivity contribution in [1.29, 1.82) is 0 Å². The van der Waals surface area contributed by atoms with Crippen molar-refractivity contribution >= 4 is 29.3 Å². The SMILES string of the molecule is CCC1Sc2nc(N)c(C(=O)O)nc2C1=O. The number of nitrogens with two attached hydrogens (primary N) is 1. The minimum Gasteiger partial charge on any atom is -0.476 e. The molecule has 0 spiro atoms. The minimum absolute atomic E-state index is 0.128. The van der Waals surface area contributed by atoms with E-state index in [9.17, 15) is 9.59 Å². The molecule has 1 aliphatic rings. The standard InChI is InChI=1S/C9H9N3O3S/c1-2-3-6(13)4-8(16-3)12-7(10)5(11-4)9(14)15/h3H,2H2,1H3,(H2,10,12)(H,14,15). The van der Waals surface area contributed by atoms with Crippen molar-refractivity contribution in [2.75, 3.05) is 5.73 Å². The number of rotatable bonds is 2. The average molecular weight is 239 g/mol. The number of hydrogen-bond donors (Lipinski definition) is 2. The van der Waals surface area contributed by atoms with E-state index >= 15 is 0 Å². The fourth-order valence-corrected chi connectivity index (χ4v) is 2.51. The van der Waals surface area contributed by atoms with Gasteiger partial charge in [0.1, 0.15) is 10.7 Å². The predicted molar refractivity (Wildman–Crippen MR) is 57.7 cm³/mol. The van der Waals surface area contributed by atoms with E-state index in [-0.39, 0.29) is 28.2 Å². The van der Waals surface area contributed by atoms with Crippen LogP contribution in [-0.4, -0.2) is 32.1 Å². The monoisotopic (exact) mass is 239 g/mol. The molecule has 6 nitrogen and oxygen atoms in total. The van der Waals surface area contributed by atoms with E-state index in [1.165, 1.54) is 11.8 Å². The van der Waals surface area contributed by atoms with Crippen LogP contribution >= 0.6 is 11.8 Å². The molecule has 0 aromatic carbocycles. The summed E-state index contributed by atoms with van der Waals surface area (Å²) in [5, 5.41) is 9.01. The van der Waals surface area contributed by atoms with Gasteiger partial charge in [0.05, 0.1) is 5.25 Å². The molecule has 16 heavy (non-hydrogen) atoms. The molecule has 1 aromatic heterocycles. The van der Waals surface area contributed by atoms with Crippen LogP contribution in [-0.2, 0) is 0 Å². The highest BCUT2D eigenvalue weighted by Crippen LogP contribution is 2.36. The number of anilines is 1. The number of ketones is 1. The Morgan fingerprint density at radius 3 is 2.81 bits per heavy atom. The summed E-state index contributed by atoms with van der Waals surface area (Å²) >= 11 is 1.28. The molecule has 0 amide bonds. The molecule has 2 rings (SSSR count). The predicted octanol–water partition coefficient (Wildman–Crippen LogP) is 0.824. The largest absolute Gasteiger partial charge is 0.476 e. The molecule has 0 saturated carbocycles. The maximum atomic E-state index is 11.8. The van der Waals surface area contributed by atoms with Crippen molar-refractivity contribution in [3.8, 4) is 0 Å². The fraction of sp³-hybridized carbons (Fsp3) is 0.333. The second-order valence-corrected chi connectivity index (χ2v) is 4.49. The van der Waals surface area contributed by atoms with Crippen molar-refractivity contribution in [2.24, 2.45) is 0 Å². The summed E-state index contributed by atoms with van der Waals surface area (Å²) in [4.78, 5) is 30.2. The summed E-state index contributed by atoms with van der Waals surface area (Å²) in [5.41, 5.74) is 5.22. The highest BCUT2D eigenvalue weighted by molar-refractivity contribution is 8.01. The second-order valence-electron chi connectivity index (χ2n) is 3.30. The first-order chi connectivity index (χ1) is 7.54. The fourth-order valence-electron chi connectivity index (χ4n) is 1.44. The topological polar surface area (TPSA) is 106 Å². The number of fused-ring (bicyclic) bond motifs is 1. The van der Waals surface area contributed by atoms with Gasteiger partial charge < -0.3 is 10.8 Å². The Hall–Kier alpha value is -1.63. The molecule has 1 aromatic rings. The molecule has 7 heteroatoms. The zero-order chi connectivity index (χ0) is 11.9. The summed E-state index contributed by atoms with van der Waals surface area (Å²) in [6.07, 6.45) is 0.657. The quantitative estimate of drug-likeness (QED) is 0.786. The Balaban J connectivity index is 2.53. The first-order valence-electron chi connectivity index (χ1n) is 4.66. The van der Waals surface area contributed by atoms with E-state index in [2.05, 4.69) is 9.97 Å². The Kier molecular flexibility index (Phi) is 2.55. The summed E-state index contributed by atoms with van der Waals surface area (Å²) in [7, 11) is 0. The Morgan fingerprint density at radius 1 is 1.56 bits per heavy atom. The van der Waals surface area contributed by atoms with Gasteiger partial charge in [-0.3, -0.25) is 4.79 Å². The third kappa shape index (κ3) is 1.53. The first kappa shape index (κ1) is 10.9. The number of carboxylic acid groups (broad SMARTS) is 1.